The van der Waals surface area contributed by atoms with Crippen LogP contribution < -0.4 is 11.1 Å². The van der Waals surface area contributed by atoms with Crippen molar-refractivity contribution in [2.75, 3.05) is 18.1 Å². The molecule has 0 aliphatic heterocycles. The van der Waals surface area contributed by atoms with Gasteiger partial charge in [-0.25, -0.2) is 0 Å². The number of rotatable bonds is 6. The topological polar surface area (TPSA) is 72.2 Å². The normalized spacial score (nSPS) is 13.7. The molecule has 0 aliphatic rings. The predicted octanol–water partition coefficient (Wildman–Crippen LogP) is -0.00140. The molecule has 3 N–H and O–H groups in total. The smallest absolute Gasteiger partial charge is 0.221 e. The van der Waals surface area contributed by atoms with Gasteiger partial charge in [0.25, 0.3) is 0 Å². The van der Waals surface area contributed by atoms with Crippen molar-refractivity contribution in [3.8, 4) is 0 Å². The van der Waals surface area contributed by atoms with Crippen molar-refractivity contribution in [1.29, 1.82) is 0 Å². The minimum Gasteiger partial charge on any atom is -0.355 e. The molecular weight excluding hydrogens is 200 g/mol. The first-order valence-corrected chi connectivity index (χ1v) is 6.24. The summed E-state index contributed by atoms with van der Waals surface area (Å²) in [6.45, 7) is 5.93. The highest BCUT2D eigenvalue weighted by molar-refractivity contribution is 7.84. The van der Waals surface area contributed by atoms with Gasteiger partial charge in [0.2, 0.25) is 5.91 Å². The summed E-state index contributed by atoms with van der Waals surface area (Å²) in [6.07, 6.45) is 0.297. The summed E-state index contributed by atoms with van der Waals surface area (Å²) >= 11 is 0. The molecule has 1 atom stereocenters. The number of amides is 1. The van der Waals surface area contributed by atoms with Crippen LogP contribution in [0.5, 0.6) is 0 Å². The Bertz CT molecular complexity index is 211. The predicted molar refractivity (Wildman–Crippen MR) is 59.4 cm³/mol. The summed E-state index contributed by atoms with van der Waals surface area (Å²) in [6, 6.07) is 0. The molecule has 0 aromatic heterocycles. The molecule has 0 radical (unpaired) electrons. The highest BCUT2D eigenvalue weighted by Gasteiger charge is 2.15. The lowest BCUT2D eigenvalue weighted by Gasteiger charge is -2.17. The number of hydrogen-bond donors (Lipinski definition) is 2. The van der Waals surface area contributed by atoms with Gasteiger partial charge in [-0.05, 0) is 13.8 Å². The van der Waals surface area contributed by atoms with Crippen LogP contribution in [0.25, 0.3) is 0 Å². The Balaban J connectivity index is 3.60. The van der Waals surface area contributed by atoms with Crippen molar-refractivity contribution in [3.05, 3.63) is 0 Å². The largest absolute Gasteiger partial charge is 0.355 e. The van der Waals surface area contributed by atoms with Crippen molar-refractivity contribution < 1.29 is 9.00 Å². The Morgan fingerprint density at radius 3 is 2.50 bits per heavy atom. The van der Waals surface area contributed by atoms with Gasteiger partial charge in [0.15, 0.2) is 0 Å². The molecule has 1 unspecified atom stereocenters. The second kappa shape index (κ2) is 6.14. The van der Waals surface area contributed by atoms with Crippen LogP contribution in [-0.2, 0) is 15.6 Å². The van der Waals surface area contributed by atoms with Gasteiger partial charge in [-0.2, -0.15) is 0 Å². The molecule has 0 saturated heterocycles. The molecule has 0 aromatic carbocycles. The van der Waals surface area contributed by atoms with E-state index in [0.717, 1.165) is 0 Å². The Hall–Kier alpha value is -0.420. The molecule has 0 heterocycles. The lowest BCUT2D eigenvalue weighted by molar-refractivity contribution is -0.121. The Kier molecular flexibility index (Phi) is 5.95. The van der Waals surface area contributed by atoms with Crippen molar-refractivity contribution in [2.24, 2.45) is 5.73 Å². The maximum Gasteiger partial charge on any atom is 0.221 e. The van der Waals surface area contributed by atoms with Gasteiger partial charge in [-0.1, -0.05) is 6.92 Å². The molecule has 0 rings (SSSR count). The molecule has 0 aromatic rings. The maximum atomic E-state index is 11.2. The van der Waals surface area contributed by atoms with Gasteiger partial charge in [0, 0.05) is 40.8 Å². The van der Waals surface area contributed by atoms with E-state index in [0.29, 0.717) is 24.5 Å². The number of nitrogens with one attached hydrogen (secondary N) is 1. The van der Waals surface area contributed by atoms with Crippen LogP contribution >= 0.6 is 0 Å². The van der Waals surface area contributed by atoms with Crippen LogP contribution in [0.1, 0.15) is 27.2 Å². The number of hydrogen-bond acceptors (Lipinski definition) is 3. The third-order valence-electron chi connectivity index (χ3n) is 1.59. The summed E-state index contributed by atoms with van der Waals surface area (Å²) in [5.41, 5.74) is 5.20. The van der Waals surface area contributed by atoms with Crippen molar-refractivity contribution >= 4 is 16.7 Å². The fourth-order valence-corrected chi connectivity index (χ4v) is 1.54. The van der Waals surface area contributed by atoms with Crippen molar-refractivity contribution in [2.45, 2.75) is 32.7 Å². The molecule has 84 valence electrons. The first kappa shape index (κ1) is 13.6. The third-order valence-corrected chi connectivity index (χ3v) is 2.89. The van der Waals surface area contributed by atoms with Gasteiger partial charge >= 0.3 is 0 Å². The van der Waals surface area contributed by atoms with Crippen LogP contribution in [0.2, 0.25) is 0 Å². The number of nitrogens with two attached hydrogens (primary N) is 1. The van der Waals surface area contributed by atoms with Gasteiger partial charge in [-0.15, -0.1) is 0 Å². The fourth-order valence-electron chi connectivity index (χ4n) is 0.925. The van der Waals surface area contributed by atoms with Gasteiger partial charge < -0.3 is 11.1 Å². The summed E-state index contributed by atoms with van der Waals surface area (Å²) in [7, 11) is -0.813. The highest BCUT2D eigenvalue weighted by Crippen LogP contribution is 2.02. The molecule has 1 amide bonds. The van der Waals surface area contributed by atoms with Crippen LogP contribution in [-0.4, -0.2) is 33.7 Å². The lowest BCUT2D eigenvalue weighted by Crippen LogP contribution is -2.40. The van der Waals surface area contributed by atoms with E-state index in [-0.39, 0.29) is 5.91 Å². The first-order valence-electron chi connectivity index (χ1n) is 4.75. The van der Waals surface area contributed by atoms with E-state index in [1.54, 1.807) is 13.8 Å². The average Bonchev–Trinajstić information content (AvgIpc) is 2.00. The Morgan fingerprint density at radius 1 is 1.50 bits per heavy atom. The Labute approximate surface area is 88.1 Å². The van der Waals surface area contributed by atoms with E-state index in [1.807, 2.05) is 6.92 Å². The zero-order valence-electron chi connectivity index (χ0n) is 9.13. The SMILES string of the molecule is CCS(=O)CCNC(=O)CC(C)(C)N. The number of carbonyl (C=O) groups is 1. The van der Waals surface area contributed by atoms with E-state index in [1.165, 1.54) is 0 Å². The van der Waals surface area contributed by atoms with E-state index < -0.39 is 16.3 Å². The van der Waals surface area contributed by atoms with Crippen molar-refractivity contribution in [1.82, 2.24) is 5.32 Å². The average molecular weight is 220 g/mol. The molecular formula is C9H20N2O2S. The van der Waals surface area contributed by atoms with Gasteiger partial charge in [-0.3, -0.25) is 9.00 Å². The molecule has 0 fully saturated rings. The van der Waals surface area contributed by atoms with E-state index in [4.69, 9.17) is 5.73 Å². The molecule has 0 aliphatic carbocycles. The van der Waals surface area contributed by atoms with Gasteiger partial charge in [0.1, 0.15) is 0 Å². The van der Waals surface area contributed by atoms with Gasteiger partial charge in [0.05, 0.1) is 0 Å². The summed E-state index contributed by atoms with van der Waals surface area (Å²) in [4.78, 5) is 11.2. The zero-order chi connectivity index (χ0) is 11.2. The summed E-state index contributed by atoms with van der Waals surface area (Å²) in [5, 5.41) is 2.69. The standard InChI is InChI=1S/C9H20N2O2S/c1-4-14(13)6-5-11-8(12)7-9(2,3)10/h4-7,10H2,1-3H3,(H,11,12). The molecule has 0 bridgehead atoms. The van der Waals surface area contributed by atoms with Crippen molar-refractivity contribution in [3.63, 3.8) is 0 Å². The second-order valence-electron chi connectivity index (χ2n) is 3.95. The van der Waals surface area contributed by atoms with E-state index >= 15 is 0 Å². The van der Waals surface area contributed by atoms with Crippen LogP contribution in [0.3, 0.4) is 0 Å². The highest BCUT2D eigenvalue weighted by atomic mass is 32.2. The van der Waals surface area contributed by atoms with E-state index in [2.05, 4.69) is 5.32 Å². The lowest BCUT2D eigenvalue weighted by atomic mass is 10.0. The minimum atomic E-state index is -0.813. The molecule has 0 saturated carbocycles. The monoisotopic (exact) mass is 220 g/mol. The fraction of sp³-hybridized carbons (Fsp3) is 0.889. The minimum absolute atomic E-state index is 0.0781. The van der Waals surface area contributed by atoms with Crippen LogP contribution in [0.4, 0.5) is 0 Å². The summed E-state index contributed by atoms with van der Waals surface area (Å²) < 4.78 is 11.0. The molecule has 14 heavy (non-hydrogen) atoms. The van der Waals surface area contributed by atoms with Crippen LogP contribution in [0, 0.1) is 0 Å². The first-order chi connectivity index (χ1) is 6.35. The zero-order valence-corrected chi connectivity index (χ0v) is 9.95. The molecule has 5 heteroatoms. The molecule has 4 nitrogen and oxygen atoms in total. The van der Waals surface area contributed by atoms with Crippen LogP contribution in [0.15, 0.2) is 0 Å². The third kappa shape index (κ3) is 8.19. The Morgan fingerprint density at radius 2 is 2.07 bits per heavy atom. The second-order valence-corrected chi connectivity index (χ2v) is 5.81. The maximum absolute atomic E-state index is 11.2. The quantitative estimate of drug-likeness (QED) is 0.662. The number of carbonyl (C=O) groups excluding carboxylic acids is 1. The van der Waals surface area contributed by atoms with E-state index in [9.17, 15) is 9.00 Å². The summed E-state index contributed by atoms with van der Waals surface area (Å²) in [5.74, 6) is 1.08. The molecule has 0 spiro atoms.